The number of amides is 1. The first-order valence-electron chi connectivity index (χ1n) is 6.14. The maximum atomic E-state index is 12.0. The highest BCUT2D eigenvalue weighted by Gasteiger charge is 2.12. The van der Waals surface area contributed by atoms with E-state index in [1.165, 1.54) is 0 Å². The zero-order chi connectivity index (χ0) is 13.8. The van der Waals surface area contributed by atoms with Gasteiger partial charge in [-0.2, -0.15) is 5.10 Å². The number of nitrogens with zero attached hydrogens (tertiary/aromatic N) is 2. The van der Waals surface area contributed by atoms with Crippen molar-refractivity contribution >= 4 is 17.3 Å². The van der Waals surface area contributed by atoms with Crippen LogP contribution < -0.4 is 10.6 Å². The minimum Gasteiger partial charge on any atom is -0.384 e. The summed E-state index contributed by atoms with van der Waals surface area (Å²) < 4.78 is 0. The van der Waals surface area contributed by atoms with Gasteiger partial charge in [-0.25, -0.2) is 4.98 Å². The van der Waals surface area contributed by atoms with Crippen LogP contribution in [0.3, 0.4) is 0 Å². The maximum absolute atomic E-state index is 12.0. The molecule has 0 unspecified atom stereocenters. The van der Waals surface area contributed by atoms with Crippen LogP contribution in [0.25, 0.3) is 0 Å². The van der Waals surface area contributed by atoms with Crippen LogP contribution >= 0.6 is 0 Å². The van der Waals surface area contributed by atoms with Crippen molar-refractivity contribution in [2.24, 2.45) is 0 Å². The topological polar surface area (TPSA) is 82.7 Å². The number of nitrogens with one attached hydrogen (secondary N) is 3. The number of aryl methyl sites for hydroxylation is 2. The number of anilines is 2. The van der Waals surface area contributed by atoms with Crippen molar-refractivity contribution in [3.8, 4) is 0 Å². The third kappa shape index (κ3) is 2.90. The summed E-state index contributed by atoms with van der Waals surface area (Å²) in [6.07, 6.45) is 1.65. The van der Waals surface area contributed by atoms with Crippen LogP contribution in [0.2, 0.25) is 0 Å². The summed E-state index contributed by atoms with van der Waals surface area (Å²) in [6.45, 7) is 6.52. The van der Waals surface area contributed by atoms with Gasteiger partial charge in [-0.3, -0.25) is 9.89 Å². The number of hydrogen-bond donors (Lipinski definition) is 3. The molecule has 0 atom stereocenters. The van der Waals surface area contributed by atoms with E-state index in [0.717, 1.165) is 23.6 Å². The summed E-state index contributed by atoms with van der Waals surface area (Å²) in [5, 5.41) is 12.8. The Balaban J connectivity index is 2.12. The predicted octanol–water partition coefficient (Wildman–Crippen LogP) is 2.11. The molecular weight excluding hydrogens is 242 g/mol. The number of aromatic amines is 1. The molecule has 3 N–H and O–H groups in total. The van der Waals surface area contributed by atoms with Crippen molar-refractivity contribution in [1.82, 2.24) is 15.2 Å². The van der Waals surface area contributed by atoms with Gasteiger partial charge < -0.3 is 10.6 Å². The predicted molar refractivity (Wildman–Crippen MR) is 74.4 cm³/mol. The van der Waals surface area contributed by atoms with E-state index in [4.69, 9.17) is 0 Å². The Labute approximate surface area is 111 Å². The summed E-state index contributed by atoms with van der Waals surface area (Å²) in [5.41, 5.74) is 3.57. The number of hydrogen-bond acceptors (Lipinski definition) is 4. The second-order valence-electron chi connectivity index (χ2n) is 4.23. The molecule has 2 aromatic rings. The molecule has 100 valence electrons. The van der Waals surface area contributed by atoms with Crippen LogP contribution in [0.15, 0.2) is 18.3 Å². The summed E-state index contributed by atoms with van der Waals surface area (Å²) >= 11 is 0. The maximum Gasteiger partial charge on any atom is 0.274 e. The van der Waals surface area contributed by atoms with Gasteiger partial charge in [-0.1, -0.05) is 0 Å². The van der Waals surface area contributed by atoms with E-state index >= 15 is 0 Å². The van der Waals surface area contributed by atoms with Crippen molar-refractivity contribution in [2.45, 2.75) is 20.8 Å². The number of aromatic nitrogens is 3. The second-order valence-corrected chi connectivity index (χ2v) is 4.23. The highest BCUT2D eigenvalue weighted by Crippen LogP contribution is 2.17. The summed E-state index contributed by atoms with van der Waals surface area (Å²) in [4.78, 5) is 16.2. The first kappa shape index (κ1) is 13.1. The standard InChI is InChI=1S/C13H17N5O/c1-4-14-10-5-6-11(15-7-10)13(19)16-12-8(2)17-18-9(12)3/h5-7,14H,4H2,1-3H3,(H,16,19)(H,17,18). The number of H-pyrrole nitrogens is 1. The highest BCUT2D eigenvalue weighted by atomic mass is 16.1. The van der Waals surface area contributed by atoms with Gasteiger partial charge in [0.1, 0.15) is 5.69 Å². The highest BCUT2D eigenvalue weighted by molar-refractivity contribution is 6.03. The van der Waals surface area contributed by atoms with E-state index in [1.807, 2.05) is 26.8 Å². The number of rotatable bonds is 4. The molecule has 0 aliphatic carbocycles. The van der Waals surface area contributed by atoms with Crippen LogP contribution in [-0.4, -0.2) is 27.6 Å². The molecule has 19 heavy (non-hydrogen) atoms. The lowest BCUT2D eigenvalue weighted by molar-refractivity contribution is 0.102. The van der Waals surface area contributed by atoms with Gasteiger partial charge >= 0.3 is 0 Å². The lowest BCUT2D eigenvalue weighted by atomic mass is 10.2. The normalized spacial score (nSPS) is 10.3. The number of pyridine rings is 1. The van der Waals surface area contributed by atoms with Crippen LogP contribution in [0.1, 0.15) is 28.8 Å². The van der Waals surface area contributed by atoms with E-state index in [0.29, 0.717) is 11.4 Å². The smallest absolute Gasteiger partial charge is 0.274 e. The SMILES string of the molecule is CCNc1ccc(C(=O)Nc2c(C)n[nH]c2C)nc1. The van der Waals surface area contributed by atoms with Crippen molar-refractivity contribution < 1.29 is 4.79 Å². The van der Waals surface area contributed by atoms with Crippen LogP contribution in [0.4, 0.5) is 11.4 Å². The Bertz CT molecular complexity index is 554. The monoisotopic (exact) mass is 259 g/mol. The van der Waals surface area contributed by atoms with Gasteiger partial charge in [0.15, 0.2) is 0 Å². The van der Waals surface area contributed by atoms with Crippen molar-refractivity contribution in [3.63, 3.8) is 0 Å². The van der Waals surface area contributed by atoms with Gasteiger partial charge in [-0.05, 0) is 32.9 Å². The summed E-state index contributed by atoms with van der Waals surface area (Å²) in [5.74, 6) is -0.240. The zero-order valence-corrected chi connectivity index (χ0v) is 11.2. The Morgan fingerprint density at radius 1 is 1.37 bits per heavy atom. The van der Waals surface area contributed by atoms with E-state index in [2.05, 4.69) is 25.8 Å². The van der Waals surface area contributed by atoms with Gasteiger partial charge in [-0.15, -0.1) is 0 Å². The van der Waals surface area contributed by atoms with Crippen LogP contribution in [0, 0.1) is 13.8 Å². The van der Waals surface area contributed by atoms with Gasteiger partial charge in [0, 0.05) is 6.54 Å². The minimum atomic E-state index is -0.240. The van der Waals surface area contributed by atoms with E-state index in [-0.39, 0.29) is 5.91 Å². The van der Waals surface area contributed by atoms with E-state index in [9.17, 15) is 4.79 Å². The molecule has 0 bridgehead atoms. The van der Waals surface area contributed by atoms with E-state index in [1.54, 1.807) is 12.3 Å². The molecule has 0 aliphatic rings. The average molecular weight is 259 g/mol. The molecular formula is C13H17N5O. The lowest BCUT2D eigenvalue weighted by Crippen LogP contribution is -2.14. The lowest BCUT2D eigenvalue weighted by Gasteiger charge is -2.06. The third-order valence-electron chi connectivity index (χ3n) is 2.74. The Morgan fingerprint density at radius 3 is 2.68 bits per heavy atom. The van der Waals surface area contributed by atoms with Crippen molar-refractivity contribution in [3.05, 3.63) is 35.4 Å². The molecule has 0 aromatic carbocycles. The van der Waals surface area contributed by atoms with Crippen LogP contribution in [0.5, 0.6) is 0 Å². The third-order valence-corrected chi connectivity index (χ3v) is 2.74. The molecule has 6 nitrogen and oxygen atoms in total. The first-order valence-corrected chi connectivity index (χ1v) is 6.14. The molecule has 6 heteroatoms. The Kier molecular flexibility index (Phi) is 3.79. The summed E-state index contributed by atoms with van der Waals surface area (Å²) in [6, 6.07) is 3.53. The fourth-order valence-electron chi connectivity index (χ4n) is 1.75. The summed E-state index contributed by atoms with van der Waals surface area (Å²) in [7, 11) is 0. The van der Waals surface area contributed by atoms with E-state index < -0.39 is 0 Å². The average Bonchev–Trinajstić information content (AvgIpc) is 2.72. The molecule has 0 spiro atoms. The van der Waals surface area contributed by atoms with Crippen molar-refractivity contribution in [2.75, 3.05) is 17.2 Å². The molecule has 0 radical (unpaired) electrons. The number of carbonyl (C=O) groups excluding carboxylic acids is 1. The zero-order valence-electron chi connectivity index (χ0n) is 11.2. The minimum absolute atomic E-state index is 0.240. The molecule has 0 saturated heterocycles. The molecule has 2 aromatic heterocycles. The first-order chi connectivity index (χ1) is 9.11. The number of carbonyl (C=O) groups is 1. The quantitative estimate of drug-likeness (QED) is 0.785. The fourth-order valence-corrected chi connectivity index (χ4v) is 1.75. The van der Waals surface area contributed by atoms with Gasteiger partial charge in [0.2, 0.25) is 0 Å². The molecule has 2 heterocycles. The largest absolute Gasteiger partial charge is 0.384 e. The molecule has 0 aliphatic heterocycles. The Hall–Kier alpha value is -2.37. The second kappa shape index (κ2) is 5.51. The molecule has 0 saturated carbocycles. The molecule has 2 rings (SSSR count). The van der Waals surface area contributed by atoms with Crippen LogP contribution in [-0.2, 0) is 0 Å². The van der Waals surface area contributed by atoms with Crippen molar-refractivity contribution in [1.29, 1.82) is 0 Å². The van der Waals surface area contributed by atoms with Gasteiger partial charge in [0.05, 0.1) is 29.0 Å². The van der Waals surface area contributed by atoms with Gasteiger partial charge in [0.25, 0.3) is 5.91 Å². The Morgan fingerprint density at radius 2 is 2.16 bits per heavy atom. The molecule has 0 fully saturated rings. The molecule has 1 amide bonds. The fraction of sp³-hybridized carbons (Fsp3) is 0.308.